The first-order valence-electron chi connectivity index (χ1n) is 9.19. The van der Waals surface area contributed by atoms with E-state index in [1.54, 1.807) is 0 Å². The van der Waals surface area contributed by atoms with Gasteiger partial charge in [-0.15, -0.1) is 0 Å². The Morgan fingerprint density at radius 3 is 2.56 bits per heavy atom. The van der Waals surface area contributed by atoms with E-state index in [9.17, 15) is 4.79 Å². The number of aryl methyl sites for hydroxylation is 1. The summed E-state index contributed by atoms with van der Waals surface area (Å²) in [5.41, 5.74) is 4.74. The second kappa shape index (κ2) is 8.12. The molecule has 0 unspecified atom stereocenters. The summed E-state index contributed by atoms with van der Waals surface area (Å²) >= 11 is 1.17. The molecule has 1 aromatic heterocycles. The van der Waals surface area contributed by atoms with E-state index in [1.165, 1.54) is 17.3 Å². The number of fused-ring (bicyclic) bond motifs is 1. The summed E-state index contributed by atoms with van der Waals surface area (Å²) in [5, 5.41) is 3.05. The molecule has 1 aliphatic rings. The van der Waals surface area contributed by atoms with Gasteiger partial charge in [-0.2, -0.15) is 8.75 Å². The lowest BCUT2D eigenvalue weighted by molar-refractivity contribution is -0.117. The van der Waals surface area contributed by atoms with Gasteiger partial charge >= 0.3 is 0 Å². The van der Waals surface area contributed by atoms with Crippen LogP contribution >= 0.6 is 11.7 Å². The van der Waals surface area contributed by atoms with E-state index in [-0.39, 0.29) is 5.91 Å². The Kier molecular flexibility index (Phi) is 5.42. The fourth-order valence-corrected chi connectivity index (χ4v) is 3.98. The molecule has 1 fully saturated rings. The van der Waals surface area contributed by atoms with Crippen molar-refractivity contribution >= 4 is 34.4 Å². The van der Waals surface area contributed by atoms with Crippen LogP contribution < -0.4 is 5.32 Å². The van der Waals surface area contributed by atoms with Crippen LogP contribution in [0.2, 0.25) is 0 Å². The molecular weight excluding hydrogens is 358 g/mol. The van der Waals surface area contributed by atoms with Gasteiger partial charge in [-0.25, -0.2) is 0 Å². The highest BCUT2D eigenvalue weighted by atomic mass is 32.1. The Morgan fingerprint density at radius 2 is 1.78 bits per heavy atom. The molecule has 0 radical (unpaired) electrons. The number of nitrogens with one attached hydrogen (secondary N) is 1. The monoisotopic (exact) mass is 381 g/mol. The first-order chi connectivity index (χ1) is 13.2. The van der Waals surface area contributed by atoms with Crippen molar-refractivity contribution < 1.29 is 4.79 Å². The highest BCUT2D eigenvalue weighted by molar-refractivity contribution is 7.00. The van der Waals surface area contributed by atoms with Crippen LogP contribution in [0.1, 0.15) is 11.1 Å². The Morgan fingerprint density at radius 1 is 1.04 bits per heavy atom. The third-order valence-corrected chi connectivity index (χ3v) is 5.52. The summed E-state index contributed by atoms with van der Waals surface area (Å²) in [5.74, 6) is 0.00936. The summed E-state index contributed by atoms with van der Waals surface area (Å²) in [7, 11) is 0. The molecule has 27 heavy (non-hydrogen) atoms. The predicted octanol–water partition coefficient (Wildman–Crippen LogP) is 2.76. The minimum absolute atomic E-state index is 0.00936. The Bertz CT molecular complexity index is 919. The number of aromatic nitrogens is 2. The maximum atomic E-state index is 12.6. The number of hydrogen-bond acceptors (Lipinski definition) is 6. The molecule has 0 spiro atoms. The average molecular weight is 382 g/mol. The van der Waals surface area contributed by atoms with Gasteiger partial charge in [0, 0.05) is 32.7 Å². The largest absolute Gasteiger partial charge is 0.323 e. The van der Waals surface area contributed by atoms with Crippen LogP contribution in [0, 0.1) is 6.92 Å². The van der Waals surface area contributed by atoms with E-state index < -0.39 is 0 Å². The van der Waals surface area contributed by atoms with Crippen molar-refractivity contribution in [2.45, 2.75) is 13.5 Å². The normalized spacial score (nSPS) is 15.9. The van der Waals surface area contributed by atoms with Crippen molar-refractivity contribution in [2.24, 2.45) is 0 Å². The third-order valence-electron chi connectivity index (χ3n) is 4.98. The van der Waals surface area contributed by atoms with Crippen LogP contribution in [0.25, 0.3) is 11.0 Å². The number of carbonyl (C=O) groups is 1. The van der Waals surface area contributed by atoms with Crippen LogP contribution in [0.5, 0.6) is 0 Å². The molecule has 1 amide bonds. The molecule has 3 aromatic rings. The second-order valence-corrected chi connectivity index (χ2v) is 7.50. The topological polar surface area (TPSA) is 61.4 Å². The summed E-state index contributed by atoms with van der Waals surface area (Å²) < 4.78 is 8.57. The maximum absolute atomic E-state index is 12.6. The number of anilines is 1. The average Bonchev–Trinajstić information content (AvgIpc) is 3.16. The van der Waals surface area contributed by atoms with Gasteiger partial charge in [-0.3, -0.25) is 14.6 Å². The summed E-state index contributed by atoms with van der Waals surface area (Å²) in [4.78, 5) is 17.2. The molecule has 2 heterocycles. The molecule has 2 aromatic carbocycles. The first-order valence-corrected chi connectivity index (χ1v) is 9.92. The van der Waals surface area contributed by atoms with Crippen LogP contribution in [-0.2, 0) is 11.3 Å². The maximum Gasteiger partial charge on any atom is 0.238 e. The Balaban J connectivity index is 1.30. The highest BCUT2D eigenvalue weighted by Crippen LogP contribution is 2.25. The van der Waals surface area contributed by atoms with Gasteiger partial charge < -0.3 is 5.32 Å². The van der Waals surface area contributed by atoms with Crippen molar-refractivity contribution in [3.63, 3.8) is 0 Å². The van der Waals surface area contributed by atoms with E-state index in [1.807, 2.05) is 25.1 Å². The second-order valence-electron chi connectivity index (χ2n) is 6.98. The minimum Gasteiger partial charge on any atom is -0.323 e. The van der Waals surface area contributed by atoms with Crippen molar-refractivity contribution in [3.05, 3.63) is 53.6 Å². The van der Waals surface area contributed by atoms with Crippen LogP contribution in [0.15, 0.2) is 42.5 Å². The van der Waals surface area contributed by atoms with E-state index >= 15 is 0 Å². The molecular formula is C20H23N5OS. The number of nitrogens with zero attached hydrogens (tertiary/aromatic N) is 4. The molecule has 0 saturated carbocycles. The van der Waals surface area contributed by atoms with Crippen LogP contribution in [-0.4, -0.2) is 57.2 Å². The quantitative estimate of drug-likeness (QED) is 0.736. The molecule has 0 bridgehead atoms. The van der Waals surface area contributed by atoms with Crippen molar-refractivity contribution in [1.82, 2.24) is 18.5 Å². The molecule has 0 aliphatic carbocycles. The third kappa shape index (κ3) is 4.32. The molecule has 1 saturated heterocycles. The molecule has 0 atom stereocenters. The van der Waals surface area contributed by atoms with Gasteiger partial charge in [0.25, 0.3) is 0 Å². The fraction of sp³-hybridized carbons (Fsp3) is 0.350. The standard InChI is InChI=1S/C20H23N5OS/c1-15-7-8-17-20(23-27-22-17)19(15)21-18(26)14-25-11-9-24(10-12-25)13-16-5-3-2-4-6-16/h2-8H,9-14H2,1H3,(H,21,26). The van der Waals surface area contributed by atoms with Gasteiger partial charge in [0.2, 0.25) is 5.91 Å². The molecule has 1 aliphatic heterocycles. The number of piperazine rings is 1. The molecule has 140 valence electrons. The van der Waals surface area contributed by atoms with E-state index in [4.69, 9.17) is 0 Å². The smallest absolute Gasteiger partial charge is 0.238 e. The predicted molar refractivity (Wildman–Crippen MR) is 109 cm³/mol. The summed E-state index contributed by atoms with van der Waals surface area (Å²) in [6.07, 6.45) is 0. The first kappa shape index (κ1) is 18.0. The van der Waals surface area contributed by atoms with Gasteiger partial charge in [0.1, 0.15) is 11.0 Å². The number of rotatable bonds is 5. The van der Waals surface area contributed by atoms with E-state index in [0.29, 0.717) is 6.54 Å². The summed E-state index contributed by atoms with van der Waals surface area (Å²) in [6.45, 7) is 7.13. The number of hydrogen-bond donors (Lipinski definition) is 1. The van der Waals surface area contributed by atoms with E-state index in [2.05, 4.69) is 48.1 Å². The van der Waals surface area contributed by atoms with Crippen molar-refractivity contribution in [3.8, 4) is 0 Å². The fourth-order valence-electron chi connectivity index (χ4n) is 3.44. The summed E-state index contributed by atoms with van der Waals surface area (Å²) in [6, 6.07) is 14.4. The van der Waals surface area contributed by atoms with E-state index in [0.717, 1.165) is 55.0 Å². The highest BCUT2D eigenvalue weighted by Gasteiger charge is 2.20. The van der Waals surface area contributed by atoms with Crippen LogP contribution in [0.4, 0.5) is 5.69 Å². The van der Waals surface area contributed by atoms with Gasteiger partial charge in [0.05, 0.1) is 24.0 Å². The number of benzene rings is 2. The zero-order valence-electron chi connectivity index (χ0n) is 15.4. The molecule has 4 rings (SSSR count). The molecule has 1 N–H and O–H groups in total. The zero-order chi connectivity index (χ0) is 18.6. The molecule has 7 heteroatoms. The number of amides is 1. The lowest BCUT2D eigenvalue weighted by Crippen LogP contribution is -2.48. The van der Waals surface area contributed by atoms with Crippen molar-refractivity contribution in [2.75, 3.05) is 38.0 Å². The lowest BCUT2D eigenvalue weighted by atomic mass is 10.1. The number of carbonyl (C=O) groups excluding carboxylic acids is 1. The van der Waals surface area contributed by atoms with Crippen LogP contribution in [0.3, 0.4) is 0 Å². The Labute approximate surface area is 163 Å². The zero-order valence-corrected chi connectivity index (χ0v) is 16.2. The van der Waals surface area contributed by atoms with Gasteiger partial charge in [-0.05, 0) is 24.1 Å². The van der Waals surface area contributed by atoms with Gasteiger partial charge in [-0.1, -0.05) is 36.4 Å². The lowest BCUT2D eigenvalue weighted by Gasteiger charge is -2.34. The Hall–Kier alpha value is -2.35. The SMILES string of the molecule is Cc1ccc2nsnc2c1NC(=O)CN1CCN(Cc2ccccc2)CC1. The van der Waals surface area contributed by atoms with Gasteiger partial charge in [0.15, 0.2) is 0 Å². The van der Waals surface area contributed by atoms with Crippen molar-refractivity contribution in [1.29, 1.82) is 0 Å². The minimum atomic E-state index is 0.00936. The molecule has 6 nitrogen and oxygen atoms in total.